The molecule has 2 N–H and O–H groups in total. The summed E-state index contributed by atoms with van der Waals surface area (Å²) in [5.41, 5.74) is 0. The highest BCUT2D eigenvalue weighted by molar-refractivity contribution is 6.40. The number of rotatable bonds is 1. The van der Waals surface area contributed by atoms with Gasteiger partial charge >= 0.3 is 22.4 Å². The highest BCUT2D eigenvalue weighted by Crippen LogP contribution is 2.22. The van der Waals surface area contributed by atoms with Crippen molar-refractivity contribution in [1.29, 1.82) is 0 Å². The summed E-state index contributed by atoms with van der Waals surface area (Å²) in [6, 6.07) is 0.196. The Morgan fingerprint density at radius 3 is 2.53 bits per heavy atom. The van der Waals surface area contributed by atoms with Crippen LogP contribution in [0.2, 0.25) is 0 Å². The van der Waals surface area contributed by atoms with Gasteiger partial charge in [0, 0.05) is 6.04 Å². The first-order valence-corrected chi connectivity index (χ1v) is 6.66. The lowest BCUT2D eigenvalue weighted by Gasteiger charge is -2.15. The molecule has 84 valence electrons. The molecule has 1 saturated carbocycles. The van der Waals surface area contributed by atoms with Crippen molar-refractivity contribution in [2.24, 2.45) is 5.92 Å². The van der Waals surface area contributed by atoms with Gasteiger partial charge in [0.25, 0.3) is 5.91 Å². The predicted octanol–water partition coefficient (Wildman–Crippen LogP) is -0.264. The first-order valence-electron chi connectivity index (χ1n) is 5.66. The second-order valence-corrected chi connectivity index (χ2v) is 4.86. The minimum atomic E-state index is -0.487. The average molecular weight is 226 g/mol. The predicted molar refractivity (Wildman–Crippen MR) is 60.9 cm³/mol. The third-order valence-corrected chi connectivity index (χ3v) is 3.48. The van der Waals surface area contributed by atoms with E-state index in [-0.39, 0.29) is 6.04 Å². The third kappa shape index (κ3) is 4.23. The zero-order valence-electron chi connectivity index (χ0n) is 9.51. The van der Waals surface area contributed by atoms with Gasteiger partial charge in [0.1, 0.15) is 0 Å². The van der Waals surface area contributed by atoms with E-state index in [9.17, 15) is 9.59 Å². The van der Waals surface area contributed by atoms with Crippen LogP contribution in [-0.4, -0.2) is 34.4 Å². The number of nitrogens with one attached hydrogen (secondary N) is 2. The molecule has 1 aliphatic carbocycles. The molecule has 0 heterocycles. The molecule has 0 aliphatic heterocycles. The van der Waals surface area contributed by atoms with Crippen molar-refractivity contribution in [2.75, 3.05) is 0 Å². The number of hydrogen-bond donors (Lipinski definition) is 2. The van der Waals surface area contributed by atoms with Gasteiger partial charge in [0.15, 0.2) is 0 Å². The van der Waals surface area contributed by atoms with E-state index >= 15 is 0 Å². The molecule has 0 radical (unpaired) electrons. The number of carbonyl (C=O) groups is 2. The largest absolute Gasteiger partial charge is 0.444 e. The minimum Gasteiger partial charge on any atom is -0.444 e. The summed E-state index contributed by atoms with van der Waals surface area (Å²) in [5, 5.41) is 2.80. The van der Waals surface area contributed by atoms with Gasteiger partial charge in [-0.3, -0.25) is 9.59 Å². The number of amides is 2. The van der Waals surface area contributed by atoms with Gasteiger partial charge in [-0.05, 0) is 25.2 Å². The molecule has 4 nitrogen and oxygen atoms in total. The lowest BCUT2D eigenvalue weighted by Crippen LogP contribution is -2.43. The summed E-state index contributed by atoms with van der Waals surface area (Å²) in [5.74, 6) is -0.206. The number of hydrogen-bond acceptors (Lipinski definition) is 2. The van der Waals surface area contributed by atoms with E-state index in [4.69, 9.17) is 0 Å². The molecule has 2 unspecified atom stereocenters. The van der Waals surface area contributed by atoms with Crippen LogP contribution in [0.3, 0.4) is 0 Å². The molecular formula is C10H19AlN2O2. The SMILES string of the molecule is CC1CCCC(NC(=O)C(=O)[NH][AlH2])CC1. The third-order valence-electron chi connectivity index (χ3n) is 3.03. The molecule has 0 bridgehead atoms. The van der Waals surface area contributed by atoms with Gasteiger partial charge in [0.05, 0.1) is 0 Å². The van der Waals surface area contributed by atoms with Crippen molar-refractivity contribution in [3.05, 3.63) is 0 Å². The van der Waals surface area contributed by atoms with Crippen molar-refractivity contribution in [3.63, 3.8) is 0 Å². The van der Waals surface area contributed by atoms with Crippen molar-refractivity contribution in [1.82, 2.24) is 9.62 Å². The maximum atomic E-state index is 11.3. The minimum absolute atomic E-state index is 0.196. The molecule has 0 aromatic carbocycles. The first-order chi connectivity index (χ1) is 7.13. The van der Waals surface area contributed by atoms with Crippen LogP contribution in [0, 0.1) is 5.92 Å². The zero-order valence-corrected chi connectivity index (χ0v) is 11.5. The van der Waals surface area contributed by atoms with Gasteiger partial charge in [0.2, 0.25) is 0 Å². The monoisotopic (exact) mass is 226 g/mol. The Balaban J connectivity index is 2.37. The van der Waals surface area contributed by atoms with Crippen LogP contribution in [0.1, 0.15) is 39.0 Å². The Labute approximate surface area is 98.8 Å². The molecule has 0 aromatic rings. The smallest absolute Gasteiger partial charge is 0.364 e. The molecular weight excluding hydrogens is 207 g/mol. The topological polar surface area (TPSA) is 58.2 Å². The fraction of sp³-hybridized carbons (Fsp3) is 0.800. The van der Waals surface area contributed by atoms with E-state index in [1.807, 2.05) is 0 Å². The summed E-state index contributed by atoms with van der Waals surface area (Å²) in [6.07, 6.45) is 5.53. The molecule has 0 saturated heterocycles. The van der Waals surface area contributed by atoms with Gasteiger partial charge in [-0.1, -0.05) is 19.8 Å². The Morgan fingerprint density at radius 2 is 1.87 bits per heavy atom. The fourth-order valence-electron chi connectivity index (χ4n) is 2.00. The molecule has 1 rings (SSSR count). The van der Waals surface area contributed by atoms with Crippen LogP contribution in [-0.2, 0) is 9.59 Å². The van der Waals surface area contributed by atoms with Gasteiger partial charge in [-0.15, -0.1) is 0 Å². The van der Waals surface area contributed by atoms with Crippen LogP contribution in [0.5, 0.6) is 0 Å². The summed E-state index contributed by atoms with van der Waals surface area (Å²) in [7, 11) is 0. The van der Waals surface area contributed by atoms with Gasteiger partial charge < -0.3 is 9.62 Å². The quantitative estimate of drug-likeness (QED) is 0.367. The summed E-state index contributed by atoms with van der Waals surface area (Å²) >= 11 is 0.525. The average Bonchev–Trinajstić information content (AvgIpc) is 2.42. The molecule has 1 fully saturated rings. The Kier molecular flexibility index (Phi) is 5.14. The summed E-state index contributed by atoms with van der Waals surface area (Å²) in [6.45, 7) is 2.24. The zero-order chi connectivity index (χ0) is 11.3. The molecule has 15 heavy (non-hydrogen) atoms. The summed E-state index contributed by atoms with van der Waals surface area (Å²) < 4.78 is 2.47. The second kappa shape index (κ2) is 6.14. The van der Waals surface area contributed by atoms with E-state index in [2.05, 4.69) is 16.5 Å². The van der Waals surface area contributed by atoms with E-state index in [1.54, 1.807) is 0 Å². The molecule has 2 atom stereocenters. The van der Waals surface area contributed by atoms with Crippen LogP contribution in [0.15, 0.2) is 0 Å². The normalized spacial score (nSPS) is 26.5. The standard InChI is InChI=1S/C10H18N2O2.Al.2H/c1-7-3-2-4-8(6-5-7)12-10(14)9(11)13;;;/h7-8H,2-6H2,1H3,(H3,11,12,13,14);;;/q;+1;;/p-1. The van der Waals surface area contributed by atoms with Crippen LogP contribution in [0.4, 0.5) is 0 Å². The molecule has 5 heteroatoms. The van der Waals surface area contributed by atoms with Crippen molar-refractivity contribution in [3.8, 4) is 0 Å². The highest BCUT2D eigenvalue weighted by atomic mass is 27.1. The molecule has 0 aromatic heterocycles. The Hall–Kier alpha value is -0.528. The fourth-order valence-corrected chi connectivity index (χ4v) is 2.22. The van der Waals surface area contributed by atoms with E-state index in [1.165, 1.54) is 6.42 Å². The maximum absolute atomic E-state index is 11.3. The molecule has 0 spiro atoms. The molecule has 1 aliphatic rings. The van der Waals surface area contributed by atoms with Crippen LogP contribution < -0.4 is 9.62 Å². The van der Waals surface area contributed by atoms with E-state index in [0.717, 1.165) is 31.6 Å². The van der Waals surface area contributed by atoms with Crippen molar-refractivity contribution >= 4 is 28.3 Å². The lowest BCUT2D eigenvalue weighted by molar-refractivity contribution is -0.138. The number of carbonyl (C=O) groups excluding carboxylic acids is 2. The summed E-state index contributed by atoms with van der Waals surface area (Å²) in [4.78, 5) is 22.4. The first kappa shape index (κ1) is 12.5. The van der Waals surface area contributed by atoms with Crippen LogP contribution in [0.25, 0.3) is 0 Å². The van der Waals surface area contributed by atoms with E-state index in [0.29, 0.717) is 16.5 Å². The Bertz CT molecular complexity index is 246. The maximum Gasteiger partial charge on any atom is 0.364 e. The van der Waals surface area contributed by atoms with E-state index < -0.39 is 11.8 Å². The van der Waals surface area contributed by atoms with Crippen molar-refractivity contribution < 1.29 is 9.59 Å². The van der Waals surface area contributed by atoms with Gasteiger partial charge in [-0.25, -0.2) is 0 Å². The Morgan fingerprint density at radius 1 is 1.13 bits per heavy atom. The van der Waals surface area contributed by atoms with Crippen molar-refractivity contribution in [2.45, 2.75) is 45.1 Å². The highest BCUT2D eigenvalue weighted by Gasteiger charge is 2.20. The molecule has 2 amide bonds. The lowest BCUT2D eigenvalue weighted by atomic mass is 10.0. The van der Waals surface area contributed by atoms with Gasteiger partial charge in [-0.2, -0.15) is 0 Å². The van der Waals surface area contributed by atoms with Crippen LogP contribution >= 0.6 is 0 Å². The second-order valence-electron chi connectivity index (χ2n) is 4.36.